The van der Waals surface area contributed by atoms with E-state index in [1.54, 1.807) is 31.4 Å². The molecule has 100 valence electrons. The number of carbonyl (C=O) groups is 2. The molecule has 2 unspecified atom stereocenters. The maximum Gasteiger partial charge on any atom is 0.328 e. The van der Waals surface area contributed by atoms with Crippen molar-refractivity contribution >= 4 is 17.6 Å². The molecule has 1 saturated carbocycles. The number of anilines is 1. The number of amides is 3. The Kier molecular flexibility index (Phi) is 2.89. The summed E-state index contributed by atoms with van der Waals surface area (Å²) in [6.45, 7) is 0. The van der Waals surface area contributed by atoms with E-state index < -0.39 is 0 Å². The average molecular weight is 260 g/mol. The number of fused-ring (bicyclic) bond motifs is 1. The van der Waals surface area contributed by atoms with Crippen molar-refractivity contribution < 1.29 is 14.3 Å². The van der Waals surface area contributed by atoms with Crippen LogP contribution in [-0.4, -0.2) is 25.1 Å². The van der Waals surface area contributed by atoms with Gasteiger partial charge in [-0.3, -0.25) is 4.79 Å². The number of hydrogen-bond donors (Lipinski definition) is 1. The van der Waals surface area contributed by atoms with Crippen molar-refractivity contribution in [1.29, 1.82) is 0 Å². The molecule has 1 aromatic carbocycles. The number of imide groups is 1. The summed E-state index contributed by atoms with van der Waals surface area (Å²) in [5.41, 5.74) is 0.591. The summed E-state index contributed by atoms with van der Waals surface area (Å²) in [5, 5.41) is 2.92. The quantitative estimate of drug-likeness (QED) is 0.883. The first-order valence-corrected chi connectivity index (χ1v) is 6.49. The Labute approximate surface area is 111 Å². The van der Waals surface area contributed by atoms with Gasteiger partial charge in [0, 0.05) is 6.04 Å². The first-order valence-electron chi connectivity index (χ1n) is 6.49. The molecule has 2 fully saturated rings. The molecule has 1 aromatic rings. The number of nitrogens with zero attached hydrogens (tertiary/aromatic N) is 1. The number of rotatable bonds is 2. The fourth-order valence-corrected chi connectivity index (χ4v) is 2.89. The Hall–Kier alpha value is -2.04. The predicted octanol–water partition coefficient (Wildman–Crippen LogP) is 1.92. The highest BCUT2D eigenvalue weighted by atomic mass is 16.5. The summed E-state index contributed by atoms with van der Waals surface area (Å²) in [4.78, 5) is 25.7. The lowest BCUT2D eigenvalue weighted by atomic mass is 9.99. The number of ether oxygens (including phenoxy) is 1. The van der Waals surface area contributed by atoms with Gasteiger partial charge in [-0.25, -0.2) is 9.69 Å². The molecule has 3 amide bonds. The van der Waals surface area contributed by atoms with Gasteiger partial charge in [-0.2, -0.15) is 0 Å². The van der Waals surface area contributed by atoms with Crippen molar-refractivity contribution in [1.82, 2.24) is 5.32 Å². The standard InChI is InChI=1S/C14H16N2O3/c1-19-10-7-5-9(6-8-10)16-13(17)11-3-2-4-12(11)15-14(16)18/h5-8,11-12H,2-4H2,1H3,(H,15,18). The summed E-state index contributed by atoms with van der Waals surface area (Å²) in [6.07, 6.45) is 2.76. The molecule has 0 spiro atoms. The van der Waals surface area contributed by atoms with E-state index in [1.807, 2.05) is 0 Å². The molecular formula is C14H16N2O3. The van der Waals surface area contributed by atoms with Gasteiger partial charge < -0.3 is 10.1 Å². The van der Waals surface area contributed by atoms with Crippen LogP contribution in [0.1, 0.15) is 19.3 Å². The van der Waals surface area contributed by atoms with Crippen molar-refractivity contribution in [3.63, 3.8) is 0 Å². The van der Waals surface area contributed by atoms with Crippen molar-refractivity contribution in [3.05, 3.63) is 24.3 Å². The lowest BCUT2D eigenvalue weighted by Crippen LogP contribution is -2.58. The van der Waals surface area contributed by atoms with E-state index in [0.29, 0.717) is 11.4 Å². The lowest BCUT2D eigenvalue weighted by molar-refractivity contribution is -0.122. The normalized spacial score (nSPS) is 26.1. The summed E-state index contributed by atoms with van der Waals surface area (Å²) < 4.78 is 5.08. The molecule has 5 nitrogen and oxygen atoms in total. The molecule has 1 aliphatic heterocycles. The summed E-state index contributed by atoms with van der Waals surface area (Å²) in [5.74, 6) is 0.545. The van der Waals surface area contributed by atoms with Crippen LogP contribution < -0.4 is 15.0 Å². The SMILES string of the molecule is COc1ccc(N2C(=O)NC3CCCC3C2=O)cc1. The van der Waals surface area contributed by atoms with Gasteiger partial charge in [-0.05, 0) is 37.1 Å². The molecule has 1 N–H and O–H groups in total. The van der Waals surface area contributed by atoms with Gasteiger partial charge >= 0.3 is 6.03 Å². The minimum Gasteiger partial charge on any atom is -0.497 e. The lowest BCUT2D eigenvalue weighted by Gasteiger charge is -2.33. The van der Waals surface area contributed by atoms with Crippen LogP contribution >= 0.6 is 0 Å². The highest BCUT2D eigenvalue weighted by molar-refractivity contribution is 6.17. The van der Waals surface area contributed by atoms with Crippen LogP contribution in [-0.2, 0) is 4.79 Å². The van der Waals surface area contributed by atoms with Gasteiger partial charge in [-0.1, -0.05) is 6.42 Å². The van der Waals surface area contributed by atoms with Crippen LogP contribution in [0.3, 0.4) is 0 Å². The third-order valence-electron chi connectivity index (χ3n) is 3.90. The first kappa shape index (κ1) is 12.0. The van der Waals surface area contributed by atoms with Crippen LogP contribution in [0.5, 0.6) is 5.75 Å². The summed E-state index contributed by atoms with van der Waals surface area (Å²) in [6, 6.07) is 6.65. The number of urea groups is 1. The number of nitrogens with one attached hydrogen (secondary N) is 1. The van der Waals surface area contributed by atoms with Crippen molar-refractivity contribution in [2.24, 2.45) is 5.92 Å². The molecule has 1 heterocycles. The third kappa shape index (κ3) is 1.95. The van der Waals surface area contributed by atoms with Gasteiger partial charge in [0.05, 0.1) is 18.7 Å². The van der Waals surface area contributed by atoms with E-state index >= 15 is 0 Å². The molecule has 0 aromatic heterocycles. The Bertz CT molecular complexity index is 512. The minimum absolute atomic E-state index is 0.0227. The molecular weight excluding hydrogens is 244 g/mol. The topological polar surface area (TPSA) is 58.6 Å². The molecule has 0 radical (unpaired) electrons. The third-order valence-corrected chi connectivity index (χ3v) is 3.90. The Balaban J connectivity index is 1.89. The smallest absolute Gasteiger partial charge is 0.328 e. The number of benzene rings is 1. The van der Waals surface area contributed by atoms with Crippen LogP contribution in [0.15, 0.2) is 24.3 Å². The fraction of sp³-hybridized carbons (Fsp3) is 0.429. The van der Waals surface area contributed by atoms with Crippen molar-refractivity contribution in [2.75, 3.05) is 12.0 Å². The van der Waals surface area contributed by atoms with E-state index in [9.17, 15) is 9.59 Å². The molecule has 3 rings (SSSR count). The van der Waals surface area contributed by atoms with E-state index in [1.165, 1.54) is 4.90 Å². The molecule has 1 aliphatic carbocycles. The molecule has 19 heavy (non-hydrogen) atoms. The van der Waals surface area contributed by atoms with Gasteiger partial charge in [0.2, 0.25) is 5.91 Å². The van der Waals surface area contributed by atoms with Crippen LogP contribution in [0.4, 0.5) is 10.5 Å². The molecule has 1 saturated heterocycles. The molecule has 5 heteroatoms. The van der Waals surface area contributed by atoms with Crippen LogP contribution in [0.2, 0.25) is 0 Å². The van der Waals surface area contributed by atoms with E-state index in [2.05, 4.69) is 5.32 Å². The van der Waals surface area contributed by atoms with Crippen molar-refractivity contribution in [2.45, 2.75) is 25.3 Å². The number of methoxy groups -OCH3 is 1. The monoisotopic (exact) mass is 260 g/mol. The molecule has 0 bridgehead atoms. The highest BCUT2D eigenvalue weighted by Crippen LogP contribution is 2.33. The average Bonchev–Trinajstić information content (AvgIpc) is 2.88. The summed E-state index contributed by atoms with van der Waals surface area (Å²) >= 11 is 0. The van der Waals surface area contributed by atoms with Crippen LogP contribution in [0, 0.1) is 5.92 Å². The Morgan fingerprint density at radius 1 is 1.21 bits per heavy atom. The van der Waals surface area contributed by atoms with E-state index in [-0.39, 0.29) is 23.9 Å². The second kappa shape index (κ2) is 4.57. The van der Waals surface area contributed by atoms with E-state index in [0.717, 1.165) is 19.3 Å². The zero-order valence-electron chi connectivity index (χ0n) is 10.8. The zero-order chi connectivity index (χ0) is 13.4. The van der Waals surface area contributed by atoms with Crippen molar-refractivity contribution in [3.8, 4) is 5.75 Å². The maximum atomic E-state index is 12.4. The van der Waals surface area contributed by atoms with Gasteiger partial charge in [0.1, 0.15) is 5.75 Å². The first-order chi connectivity index (χ1) is 9.20. The predicted molar refractivity (Wildman–Crippen MR) is 70.1 cm³/mol. The number of hydrogen-bond acceptors (Lipinski definition) is 3. The Morgan fingerprint density at radius 3 is 2.63 bits per heavy atom. The fourth-order valence-electron chi connectivity index (χ4n) is 2.89. The largest absolute Gasteiger partial charge is 0.497 e. The molecule has 2 aliphatic rings. The minimum atomic E-state index is -0.321. The molecule has 2 atom stereocenters. The highest BCUT2D eigenvalue weighted by Gasteiger charge is 2.43. The van der Waals surface area contributed by atoms with Gasteiger partial charge in [0.15, 0.2) is 0 Å². The second-order valence-electron chi connectivity index (χ2n) is 4.97. The number of carbonyl (C=O) groups excluding carboxylic acids is 2. The summed E-state index contributed by atoms with van der Waals surface area (Å²) in [7, 11) is 1.58. The Morgan fingerprint density at radius 2 is 1.95 bits per heavy atom. The van der Waals surface area contributed by atoms with Gasteiger partial charge in [0.25, 0.3) is 0 Å². The van der Waals surface area contributed by atoms with E-state index in [4.69, 9.17) is 4.74 Å². The second-order valence-corrected chi connectivity index (χ2v) is 4.97. The zero-order valence-corrected chi connectivity index (χ0v) is 10.8. The van der Waals surface area contributed by atoms with Gasteiger partial charge in [-0.15, -0.1) is 0 Å². The maximum absolute atomic E-state index is 12.4. The van der Waals surface area contributed by atoms with Crippen LogP contribution in [0.25, 0.3) is 0 Å².